The molecule has 0 bridgehead atoms. The molecule has 0 aromatic heterocycles. The quantitative estimate of drug-likeness (QED) is 0.118. The van der Waals surface area contributed by atoms with Crippen molar-refractivity contribution in [3.05, 3.63) is 127 Å². The highest BCUT2D eigenvalue weighted by atomic mass is 19.4. The zero-order valence-electron chi connectivity index (χ0n) is 20.4. The number of nitro groups is 2. The highest BCUT2D eigenvalue weighted by Crippen LogP contribution is 2.41. The first kappa shape index (κ1) is 28.9. The maximum absolute atomic E-state index is 13.4. The van der Waals surface area contributed by atoms with Crippen LogP contribution in [-0.4, -0.2) is 9.85 Å². The molecule has 4 aromatic carbocycles. The summed E-state index contributed by atoms with van der Waals surface area (Å²) in [6.07, 6.45) is -9.43. The summed E-state index contributed by atoms with van der Waals surface area (Å²) in [4.78, 5) is 19.8. The van der Waals surface area contributed by atoms with Gasteiger partial charge in [0.2, 0.25) is 0 Å². The Morgan fingerprint density at radius 2 is 0.902 bits per heavy atom. The summed E-state index contributed by atoms with van der Waals surface area (Å²) in [5.41, 5.74) is -2.61. The number of hydrogen-bond donors (Lipinski definition) is 0. The summed E-state index contributed by atoms with van der Waals surface area (Å²) in [5, 5.41) is 21.7. The average Bonchev–Trinajstić information content (AvgIpc) is 2.90. The third kappa shape index (κ3) is 7.09. The van der Waals surface area contributed by atoms with Gasteiger partial charge in [-0.05, 0) is 53.9 Å². The molecule has 0 spiro atoms. The third-order valence-corrected chi connectivity index (χ3v) is 5.67. The second kappa shape index (κ2) is 11.2. The lowest BCUT2D eigenvalue weighted by Crippen LogP contribution is -2.08. The van der Waals surface area contributed by atoms with Gasteiger partial charge in [0.05, 0.1) is 9.85 Å². The summed E-state index contributed by atoms with van der Waals surface area (Å²) in [5.74, 6) is -1.10. The second-order valence-electron chi connectivity index (χ2n) is 8.54. The molecule has 4 aromatic rings. The van der Waals surface area contributed by atoms with E-state index in [0.717, 1.165) is 35.4 Å². The molecule has 4 rings (SSSR count). The van der Waals surface area contributed by atoms with Crippen LogP contribution in [0.2, 0.25) is 0 Å². The molecule has 0 unspecified atom stereocenters. The van der Waals surface area contributed by atoms with Gasteiger partial charge in [0.1, 0.15) is 34.1 Å². The molecule has 41 heavy (non-hydrogen) atoms. The molecule has 0 aliphatic carbocycles. The summed E-state index contributed by atoms with van der Waals surface area (Å²) >= 11 is 0. The summed E-state index contributed by atoms with van der Waals surface area (Å²) in [7, 11) is 0. The van der Waals surface area contributed by atoms with Crippen LogP contribution in [0.25, 0.3) is 0 Å². The van der Waals surface area contributed by atoms with Crippen LogP contribution in [0.15, 0.2) is 84.9 Å². The number of alkyl halides is 6. The molecule has 0 amide bonds. The van der Waals surface area contributed by atoms with Crippen molar-refractivity contribution >= 4 is 11.4 Å². The lowest BCUT2D eigenvalue weighted by atomic mass is 10.0. The summed E-state index contributed by atoms with van der Waals surface area (Å²) in [6, 6.07) is 16.3. The van der Waals surface area contributed by atoms with E-state index in [9.17, 15) is 46.6 Å². The SMILES string of the molecule is O=[N+]([O-])c1ccc(Oc2ccc(Cc3ccc(Oc4ccc([N+](=O)[O-])cc4C(F)(F)F)cc3)cc2)c(C(F)(F)F)c1. The van der Waals surface area contributed by atoms with E-state index in [4.69, 9.17) is 9.47 Å². The smallest absolute Gasteiger partial charge is 0.420 e. The van der Waals surface area contributed by atoms with E-state index in [0.29, 0.717) is 18.6 Å². The van der Waals surface area contributed by atoms with E-state index in [2.05, 4.69) is 0 Å². The van der Waals surface area contributed by atoms with Gasteiger partial charge in [0.25, 0.3) is 11.4 Å². The molecule has 14 heteroatoms. The zero-order valence-corrected chi connectivity index (χ0v) is 20.4. The van der Waals surface area contributed by atoms with Gasteiger partial charge in [-0.2, -0.15) is 26.3 Å². The Hall–Kier alpha value is -5.14. The second-order valence-corrected chi connectivity index (χ2v) is 8.54. The first-order valence-corrected chi connectivity index (χ1v) is 11.5. The lowest BCUT2D eigenvalue weighted by molar-refractivity contribution is -0.385. The Labute approximate surface area is 226 Å². The Morgan fingerprint density at radius 3 is 1.20 bits per heavy atom. The zero-order chi connectivity index (χ0) is 29.9. The molecule has 0 radical (unpaired) electrons. The van der Waals surface area contributed by atoms with E-state index in [1.54, 1.807) is 24.3 Å². The fraction of sp³-hybridized carbons (Fsp3) is 0.111. The standard InChI is InChI=1S/C27H16F6N2O6/c28-26(29,30)22-14-18(34(36)37)5-11-24(22)40-20-7-1-16(2-8-20)13-17-3-9-21(10-4-17)41-25-12-6-19(35(38)39)15-23(25)27(31,32)33/h1-12,14-15H,13H2. The monoisotopic (exact) mass is 578 g/mol. The number of nitro benzene ring substituents is 2. The number of halogens is 6. The van der Waals surface area contributed by atoms with Gasteiger partial charge in [-0.15, -0.1) is 0 Å². The van der Waals surface area contributed by atoms with E-state index >= 15 is 0 Å². The Kier molecular flexibility index (Phi) is 7.85. The van der Waals surface area contributed by atoms with Gasteiger partial charge in [-0.25, -0.2) is 0 Å². The molecular formula is C27H16F6N2O6. The van der Waals surface area contributed by atoms with Crippen LogP contribution in [0.1, 0.15) is 22.3 Å². The molecule has 0 aliphatic heterocycles. The number of nitrogens with zero attached hydrogens (tertiary/aromatic N) is 2. The molecule has 0 saturated carbocycles. The van der Waals surface area contributed by atoms with Crippen molar-refractivity contribution in [3.8, 4) is 23.0 Å². The van der Waals surface area contributed by atoms with Gasteiger partial charge in [0.15, 0.2) is 0 Å². The molecule has 212 valence electrons. The molecule has 0 heterocycles. The van der Waals surface area contributed by atoms with Crippen molar-refractivity contribution in [2.24, 2.45) is 0 Å². The predicted molar refractivity (Wildman–Crippen MR) is 132 cm³/mol. The van der Waals surface area contributed by atoms with E-state index in [1.165, 1.54) is 24.3 Å². The topological polar surface area (TPSA) is 105 Å². The molecule has 8 nitrogen and oxygen atoms in total. The number of benzene rings is 4. The number of non-ortho nitro benzene ring substituents is 2. The molecular weight excluding hydrogens is 562 g/mol. The lowest BCUT2D eigenvalue weighted by Gasteiger charge is -2.14. The maximum Gasteiger partial charge on any atom is 0.420 e. The van der Waals surface area contributed by atoms with Crippen LogP contribution in [0.4, 0.5) is 37.7 Å². The number of ether oxygens (including phenoxy) is 2. The van der Waals surface area contributed by atoms with Crippen molar-refractivity contribution in [2.75, 3.05) is 0 Å². The Morgan fingerprint density at radius 1 is 0.561 bits per heavy atom. The van der Waals surface area contributed by atoms with Crippen molar-refractivity contribution in [1.82, 2.24) is 0 Å². The first-order chi connectivity index (χ1) is 19.2. The highest BCUT2D eigenvalue weighted by Gasteiger charge is 2.37. The third-order valence-electron chi connectivity index (χ3n) is 5.67. The van der Waals surface area contributed by atoms with Crippen molar-refractivity contribution in [2.45, 2.75) is 18.8 Å². The molecule has 0 fully saturated rings. The molecule has 0 N–H and O–H groups in total. The maximum atomic E-state index is 13.4. The minimum absolute atomic E-state index is 0.0559. The van der Waals surface area contributed by atoms with Crippen LogP contribution in [0.3, 0.4) is 0 Å². The molecule has 0 atom stereocenters. The summed E-state index contributed by atoms with van der Waals surface area (Å²) < 4.78 is 90.9. The van der Waals surface area contributed by atoms with Crippen LogP contribution in [-0.2, 0) is 18.8 Å². The van der Waals surface area contributed by atoms with Gasteiger partial charge >= 0.3 is 12.4 Å². The van der Waals surface area contributed by atoms with Gasteiger partial charge in [0, 0.05) is 24.3 Å². The molecule has 0 aliphatic rings. The van der Waals surface area contributed by atoms with Crippen LogP contribution >= 0.6 is 0 Å². The van der Waals surface area contributed by atoms with E-state index < -0.39 is 56.2 Å². The van der Waals surface area contributed by atoms with Crippen molar-refractivity contribution < 1.29 is 45.7 Å². The van der Waals surface area contributed by atoms with Crippen molar-refractivity contribution in [1.29, 1.82) is 0 Å². The Balaban J connectivity index is 1.45. The number of hydrogen-bond acceptors (Lipinski definition) is 6. The summed E-state index contributed by atoms with van der Waals surface area (Å²) in [6.45, 7) is 0. The fourth-order valence-corrected chi connectivity index (χ4v) is 3.72. The average molecular weight is 578 g/mol. The predicted octanol–water partition coefficient (Wildman–Crippen LogP) is 8.72. The van der Waals surface area contributed by atoms with Crippen molar-refractivity contribution in [3.63, 3.8) is 0 Å². The largest absolute Gasteiger partial charge is 0.457 e. The highest BCUT2D eigenvalue weighted by molar-refractivity contribution is 5.49. The molecule has 0 saturated heterocycles. The minimum atomic E-state index is -4.88. The number of rotatable bonds is 8. The van der Waals surface area contributed by atoms with Gasteiger partial charge in [-0.3, -0.25) is 20.2 Å². The van der Waals surface area contributed by atoms with Crippen LogP contribution in [0.5, 0.6) is 23.0 Å². The van der Waals surface area contributed by atoms with Crippen LogP contribution < -0.4 is 9.47 Å². The normalized spacial score (nSPS) is 11.7. The first-order valence-electron chi connectivity index (χ1n) is 11.5. The Bertz CT molecular complexity index is 1470. The van der Waals surface area contributed by atoms with E-state index in [-0.39, 0.29) is 11.5 Å². The van der Waals surface area contributed by atoms with E-state index in [1.807, 2.05) is 0 Å². The van der Waals surface area contributed by atoms with Gasteiger partial charge in [-0.1, -0.05) is 24.3 Å². The van der Waals surface area contributed by atoms with Gasteiger partial charge < -0.3 is 9.47 Å². The van der Waals surface area contributed by atoms with Crippen LogP contribution in [0, 0.1) is 20.2 Å². The fourth-order valence-electron chi connectivity index (χ4n) is 3.72. The minimum Gasteiger partial charge on any atom is -0.457 e.